The van der Waals surface area contributed by atoms with Gasteiger partial charge in [-0.2, -0.15) is 5.10 Å². The normalized spacial score (nSPS) is 10.5. The van der Waals surface area contributed by atoms with Crippen LogP contribution in [0.4, 0.5) is 0 Å². The molecule has 1 amide bonds. The van der Waals surface area contributed by atoms with Crippen molar-refractivity contribution in [1.82, 2.24) is 5.43 Å². The molecule has 8 heteroatoms. The molecule has 7 nitrogen and oxygen atoms in total. The van der Waals surface area contributed by atoms with Crippen molar-refractivity contribution in [2.45, 2.75) is 0 Å². The van der Waals surface area contributed by atoms with Crippen LogP contribution in [0.25, 0.3) is 0 Å². The molecule has 0 radical (unpaired) electrons. The summed E-state index contributed by atoms with van der Waals surface area (Å²) in [6.07, 6.45) is 1.41. The van der Waals surface area contributed by atoms with Crippen LogP contribution in [0.1, 0.15) is 5.56 Å². The maximum absolute atomic E-state index is 11.8. The molecule has 2 aromatic rings. The molecule has 2 rings (SSSR count). The molecule has 0 aromatic heterocycles. The van der Waals surface area contributed by atoms with Gasteiger partial charge in [-0.1, -0.05) is 23.7 Å². The molecule has 0 aliphatic carbocycles. The van der Waals surface area contributed by atoms with Gasteiger partial charge in [0.2, 0.25) is 0 Å². The first-order chi connectivity index (χ1) is 12.6. The van der Waals surface area contributed by atoms with E-state index in [1.807, 2.05) is 6.07 Å². The highest BCUT2D eigenvalue weighted by Crippen LogP contribution is 2.32. The van der Waals surface area contributed by atoms with Gasteiger partial charge >= 0.3 is 0 Å². The van der Waals surface area contributed by atoms with Crippen LogP contribution in [0, 0.1) is 0 Å². The molecule has 0 heterocycles. The molecule has 0 aliphatic rings. The summed E-state index contributed by atoms with van der Waals surface area (Å²) in [5, 5.41) is 4.28. The smallest absolute Gasteiger partial charge is 0.277 e. The van der Waals surface area contributed by atoms with Gasteiger partial charge in [-0.05, 0) is 18.2 Å². The topological polar surface area (TPSA) is 78.4 Å². The Balaban J connectivity index is 1.94. The minimum atomic E-state index is -0.427. The van der Waals surface area contributed by atoms with Crippen molar-refractivity contribution >= 4 is 23.7 Å². The first-order valence-corrected chi connectivity index (χ1v) is 7.96. The highest BCUT2D eigenvalue weighted by molar-refractivity contribution is 6.33. The standard InChI is InChI=1S/C18H19ClN2O5/c1-23-14-6-4-5-7-15(14)26-11-18(22)21-20-10-12-8-16(24-2)17(25-3)9-13(12)19/h4-10H,11H2,1-3H3,(H,21,22)/b20-10+. The molecule has 1 N–H and O–H groups in total. The zero-order valence-electron chi connectivity index (χ0n) is 14.6. The van der Waals surface area contributed by atoms with Gasteiger partial charge in [0.1, 0.15) is 0 Å². The van der Waals surface area contributed by atoms with E-state index in [1.54, 1.807) is 30.3 Å². The molecule has 0 fully saturated rings. The van der Waals surface area contributed by atoms with Crippen LogP contribution >= 0.6 is 11.6 Å². The lowest BCUT2D eigenvalue weighted by molar-refractivity contribution is -0.123. The second-order valence-corrected chi connectivity index (χ2v) is 5.37. The molecule has 2 aromatic carbocycles. The number of carbonyl (C=O) groups is 1. The molecular formula is C18H19ClN2O5. The number of nitrogens with zero attached hydrogens (tertiary/aromatic N) is 1. The average molecular weight is 379 g/mol. The van der Waals surface area contributed by atoms with Crippen LogP contribution in [0.5, 0.6) is 23.0 Å². The fourth-order valence-corrected chi connectivity index (χ4v) is 2.26. The van der Waals surface area contributed by atoms with Crippen molar-refractivity contribution in [3.63, 3.8) is 0 Å². The number of hydrogen-bond donors (Lipinski definition) is 1. The van der Waals surface area contributed by atoms with E-state index in [0.29, 0.717) is 33.6 Å². The summed E-state index contributed by atoms with van der Waals surface area (Å²) in [4.78, 5) is 11.8. The van der Waals surface area contributed by atoms with E-state index in [9.17, 15) is 4.79 Å². The van der Waals surface area contributed by atoms with Crippen LogP contribution < -0.4 is 24.4 Å². The van der Waals surface area contributed by atoms with Gasteiger partial charge in [-0.25, -0.2) is 5.43 Å². The summed E-state index contributed by atoms with van der Waals surface area (Å²) in [6, 6.07) is 10.3. The monoisotopic (exact) mass is 378 g/mol. The Kier molecular flexibility index (Phi) is 7.11. The maximum atomic E-state index is 11.8. The number of benzene rings is 2. The van der Waals surface area contributed by atoms with E-state index in [2.05, 4.69) is 10.5 Å². The molecule has 0 saturated heterocycles. The zero-order valence-corrected chi connectivity index (χ0v) is 15.4. The van der Waals surface area contributed by atoms with Crippen molar-refractivity contribution in [3.05, 3.63) is 47.0 Å². The number of para-hydroxylation sites is 2. The highest BCUT2D eigenvalue weighted by atomic mass is 35.5. The van der Waals surface area contributed by atoms with Crippen LogP contribution in [0.3, 0.4) is 0 Å². The summed E-state index contributed by atoms with van der Waals surface area (Å²) in [5.41, 5.74) is 2.93. The third kappa shape index (κ3) is 5.03. The SMILES string of the molecule is COc1cc(Cl)c(/C=N/NC(=O)COc2ccccc2OC)cc1OC. The summed E-state index contributed by atoms with van der Waals surface area (Å²) in [7, 11) is 4.56. The van der Waals surface area contributed by atoms with Gasteiger partial charge in [0.25, 0.3) is 5.91 Å². The molecule has 138 valence electrons. The Bertz CT molecular complexity index is 795. The Morgan fingerprint density at radius 1 is 1.04 bits per heavy atom. The van der Waals surface area contributed by atoms with Crippen LogP contribution in [-0.4, -0.2) is 40.1 Å². The number of ether oxygens (including phenoxy) is 4. The van der Waals surface area contributed by atoms with Crippen molar-refractivity contribution in [3.8, 4) is 23.0 Å². The molecule has 0 atom stereocenters. The van der Waals surface area contributed by atoms with E-state index in [1.165, 1.54) is 27.5 Å². The van der Waals surface area contributed by atoms with E-state index in [4.69, 9.17) is 30.5 Å². The van der Waals surface area contributed by atoms with Gasteiger partial charge in [0.05, 0.1) is 32.6 Å². The second kappa shape index (κ2) is 9.53. The number of hydrazone groups is 1. The first kappa shape index (κ1) is 19.4. The number of carbonyl (C=O) groups excluding carboxylic acids is 1. The molecule has 26 heavy (non-hydrogen) atoms. The van der Waals surface area contributed by atoms with Crippen molar-refractivity contribution in [2.75, 3.05) is 27.9 Å². The van der Waals surface area contributed by atoms with Crippen LogP contribution in [0.2, 0.25) is 5.02 Å². The van der Waals surface area contributed by atoms with Gasteiger partial charge in [-0.3, -0.25) is 4.79 Å². The number of amides is 1. The molecule has 0 aliphatic heterocycles. The Morgan fingerprint density at radius 3 is 2.31 bits per heavy atom. The van der Waals surface area contributed by atoms with E-state index in [0.717, 1.165) is 0 Å². The summed E-state index contributed by atoms with van der Waals surface area (Å²) in [5.74, 6) is 1.59. The van der Waals surface area contributed by atoms with E-state index < -0.39 is 5.91 Å². The molecular weight excluding hydrogens is 360 g/mol. The predicted molar refractivity (Wildman–Crippen MR) is 98.8 cm³/mol. The summed E-state index contributed by atoms with van der Waals surface area (Å²) >= 11 is 6.15. The number of hydrogen-bond acceptors (Lipinski definition) is 6. The maximum Gasteiger partial charge on any atom is 0.277 e. The lowest BCUT2D eigenvalue weighted by Gasteiger charge is -2.10. The number of methoxy groups -OCH3 is 3. The minimum Gasteiger partial charge on any atom is -0.493 e. The quantitative estimate of drug-likeness (QED) is 0.564. The third-order valence-electron chi connectivity index (χ3n) is 3.32. The van der Waals surface area contributed by atoms with Crippen molar-refractivity contribution in [1.29, 1.82) is 0 Å². The summed E-state index contributed by atoms with van der Waals surface area (Å²) < 4.78 is 20.9. The second-order valence-electron chi connectivity index (χ2n) is 4.96. The van der Waals surface area contributed by atoms with Gasteiger partial charge in [-0.15, -0.1) is 0 Å². The summed E-state index contributed by atoms with van der Waals surface area (Å²) in [6.45, 7) is -0.211. The van der Waals surface area contributed by atoms with Gasteiger partial charge in [0, 0.05) is 11.6 Å². The zero-order chi connectivity index (χ0) is 18.9. The Morgan fingerprint density at radius 2 is 1.65 bits per heavy atom. The van der Waals surface area contributed by atoms with Crippen LogP contribution in [0.15, 0.2) is 41.5 Å². The van der Waals surface area contributed by atoms with Crippen LogP contribution in [-0.2, 0) is 4.79 Å². The fraction of sp³-hybridized carbons (Fsp3) is 0.222. The largest absolute Gasteiger partial charge is 0.493 e. The van der Waals surface area contributed by atoms with E-state index >= 15 is 0 Å². The average Bonchev–Trinajstić information content (AvgIpc) is 2.67. The van der Waals surface area contributed by atoms with E-state index in [-0.39, 0.29) is 6.61 Å². The lowest BCUT2D eigenvalue weighted by Crippen LogP contribution is -2.24. The molecule has 0 unspecified atom stereocenters. The number of nitrogens with one attached hydrogen (secondary N) is 1. The molecule has 0 saturated carbocycles. The molecule has 0 bridgehead atoms. The van der Waals surface area contributed by atoms with Gasteiger partial charge in [0.15, 0.2) is 29.6 Å². The van der Waals surface area contributed by atoms with Crippen molar-refractivity contribution in [2.24, 2.45) is 5.10 Å². The predicted octanol–water partition coefficient (Wildman–Crippen LogP) is 2.89. The minimum absolute atomic E-state index is 0.211. The lowest BCUT2D eigenvalue weighted by atomic mass is 10.2. The fourth-order valence-electron chi connectivity index (χ4n) is 2.06. The Hall–Kier alpha value is -2.93. The third-order valence-corrected chi connectivity index (χ3v) is 3.65. The first-order valence-electron chi connectivity index (χ1n) is 7.58. The highest BCUT2D eigenvalue weighted by Gasteiger charge is 2.09. The Labute approximate surface area is 156 Å². The number of halogens is 1. The molecule has 0 spiro atoms. The number of rotatable bonds is 8. The van der Waals surface area contributed by atoms with Crippen molar-refractivity contribution < 1.29 is 23.7 Å². The van der Waals surface area contributed by atoms with Gasteiger partial charge < -0.3 is 18.9 Å².